The zero-order chi connectivity index (χ0) is 16.8. The molecule has 0 bridgehead atoms. The number of hydrogen-bond donors (Lipinski definition) is 0. The van der Waals surface area contributed by atoms with E-state index < -0.39 is 0 Å². The van der Waals surface area contributed by atoms with E-state index in [0.29, 0.717) is 0 Å². The second-order valence-corrected chi connectivity index (χ2v) is 5.17. The zero-order valence-corrected chi connectivity index (χ0v) is 16.0. The van der Waals surface area contributed by atoms with Crippen LogP contribution in [-0.4, -0.2) is 20.2 Å². The molecule has 0 fully saturated rings. The van der Waals surface area contributed by atoms with Crippen LogP contribution in [0.3, 0.4) is 0 Å². The smallest absolute Gasteiger partial charge is 0.574 e. The van der Waals surface area contributed by atoms with Gasteiger partial charge in [-0.2, -0.15) is 0 Å². The SMILES string of the molecule is Cc1cc(-c2ccccn2)[n-]n1.Cc1cc(-c2ccccn2)[n-]n1.[Pt+2]. The summed E-state index contributed by atoms with van der Waals surface area (Å²) in [4.78, 5) is 8.32. The molecule has 128 valence electrons. The van der Waals surface area contributed by atoms with Gasteiger partial charge < -0.3 is 20.4 Å². The van der Waals surface area contributed by atoms with Crippen molar-refractivity contribution in [2.45, 2.75) is 13.8 Å². The van der Waals surface area contributed by atoms with Crippen molar-refractivity contribution in [1.29, 1.82) is 0 Å². The summed E-state index contributed by atoms with van der Waals surface area (Å²) >= 11 is 0. The quantitative estimate of drug-likeness (QED) is 0.412. The average Bonchev–Trinajstić information content (AvgIpc) is 3.26. The molecule has 0 N–H and O–H groups in total. The Bertz CT molecular complexity index is 810. The Balaban J connectivity index is 0.000000173. The molecule has 0 atom stereocenters. The van der Waals surface area contributed by atoms with E-state index in [9.17, 15) is 0 Å². The molecular weight excluding hydrogens is 495 g/mol. The minimum absolute atomic E-state index is 0. The van der Waals surface area contributed by atoms with Crippen LogP contribution in [0.5, 0.6) is 0 Å². The molecule has 0 amide bonds. The van der Waals surface area contributed by atoms with Crippen LogP contribution >= 0.6 is 0 Å². The van der Waals surface area contributed by atoms with Gasteiger partial charge in [0.15, 0.2) is 0 Å². The number of rotatable bonds is 2. The van der Waals surface area contributed by atoms with E-state index in [2.05, 4.69) is 30.4 Å². The van der Waals surface area contributed by atoms with Gasteiger partial charge in [-0.1, -0.05) is 35.7 Å². The standard InChI is InChI=1S/2C9H8N3.Pt/c2*1-7-6-9(12-11-7)8-4-2-3-5-10-8;/h2*2-6H,1H3;/q2*-1;+2. The van der Waals surface area contributed by atoms with Crippen LogP contribution in [-0.2, 0) is 21.1 Å². The zero-order valence-electron chi connectivity index (χ0n) is 13.8. The summed E-state index contributed by atoms with van der Waals surface area (Å²) in [7, 11) is 0. The van der Waals surface area contributed by atoms with Gasteiger partial charge in [0.25, 0.3) is 0 Å². The van der Waals surface area contributed by atoms with Crippen LogP contribution in [0, 0.1) is 13.8 Å². The van der Waals surface area contributed by atoms with Crippen molar-refractivity contribution in [2.24, 2.45) is 0 Å². The third-order valence-electron chi connectivity index (χ3n) is 3.18. The van der Waals surface area contributed by atoms with E-state index in [4.69, 9.17) is 0 Å². The van der Waals surface area contributed by atoms with Crippen molar-refractivity contribution in [2.75, 3.05) is 0 Å². The Labute approximate surface area is 160 Å². The molecule has 4 rings (SSSR count). The number of aromatic nitrogens is 6. The maximum atomic E-state index is 4.16. The van der Waals surface area contributed by atoms with Crippen LogP contribution in [0.2, 0.25) is 0 Å². The van der Waals surface area contributed by atoms with Gasteiger partial charge in [0.2, 0.25) is 0 Å². The van der Waals surface area contributed by atoms with Crippen molar-refractivity contribution in [1.82, 2.24) is 30.4 Å². The van der Waals surface area contributed by atoms with Crippen LogP contribution in [0.25, 0.3) is 22.8 Å². The van der Waals surface area contributed by atoms with E-state index in [1.807, 2.05) is 62.4 Å². The fraction of sp³-hybridized carbons (Fsp3) is 0.111. The summed E-state index contributed by atoms with van der Waals surface area (Å²) in [5.74, 6) is 0. The second-order valence-electron chi connectivity index (χ2n) is 5.17. The molecule has 4 aromatic heterocycles. The van der Waals surface area contributed by atoms with E-state index >= 15 is 0 Å². The normalized spacial score (nSPS) is 9.68. The number of aryl methyl sites for hydroxylation is 2. The fourth-order valence-electron chi connectivity index (χ4n) is 2.06. The number of pyridine rings is 2. The average molecular weight is 511 g/mol. The molecule has 4 aromatic rings. The van der Waals surface area contributed by atoms with Crippen molar-refractivity contribution < 1.29 is 21.1 Å². The van der Waals surface area contributed by atoms with Crippen LogP contribution in [0.4, 0.5) is 0 Å². The molecule has 0 unspecified atom stereocenters. The maximum Gasteiger partial charge on any atom is 2.00 e. The fourth-order valence-corrected chi connectivity index (χ4v) is 2.06. The molecule has 0 saturated carbocycles. The first-order valence-electron chi connectivity index (χ1n) is 7.49. The summed E-state index contributed by atoms with van der Waals surface area (Å²) in [6, 6.07) is 15.3. The third-order valence-corrected chi connectivity index (χ3v) is 3.18. The number of nitrogens with zero attached hydrogens (tertiary/aromatic N) is 6. The first-order valence-corrected chi connectivity index (χ1v) is 7.49. The molecule has 25 heavy (non-hydrogen) atoms. The summed E-state index contributed by atoms with van der Waals surface area (Å²) in [5, 5.41) is 15.8. The summed E-state index contributed by atoms with van der Waals surface area (Å²) in [5.41, 5.74) is 5.28. The van der Waals surface area contributed by atoms with Gasteiger partial charge in [0.1, 0.15) is 0 Å². The van der Waals surface area contributed by atoms with E-state index in [1.54, 1.807) is 12.4 Å². The van der Waals surface area contributed by atoms with Crippen LogP contribution < -0.4 is 10.2 Å². The summed E-state index contributed by atoms with van der Waals surface area (Å²) in [6.45, 7) is 3.83. The monoisotopic (exact) mass is 511 g/mol. The van der Waals surface area contributed by atoms with Gasteiger partial charge in [0.05, 0.1) is 0 Å². The van der Waals surface area contributed by atoms with E-state index in [1.165, 1.54) is 0 Å². The molecule has 6 nitrogen and oxygen atoms in total. The largest absolute Gasteiger partial charge is 2.00 e. The summed E-state index contributed by atoms with van der Waals surface area (Å²) in [6.07, 6.45) is 3.50. The van der Waals surface area contributed by atoms with E-state index in [0.717, 1.165) is 34.2 Å². The van der Waals surface area contributed by atoms with Crippen molar-refractivity contribution in [3.63, 3.8) is 0 Å². The second kappa shape index (κ2) is 9.04. The molecule has 0 radical (unpaired) electrons. The molecule has 7 heteroatoms. The first kappa shape index (κ1) is 18.7. The molecule has 4 heterocycles. The molecule has 0 aliphatic carbocycles. The Kier molecular flexibility index (Phi) is 6.78. The molecule has 0 aliphatic rings. The first-order chi connectivity index (χ1) is 11.7. The Morgan fingerprint density at radius 3 is 1.40 bits per heavy atom. The van der Waals surface area contributed by atoms with Gasteiger partial charge in [-0.25, -0.2) is 0 Å². The maximum absolute atomic E-state index is 4.16. The minimum Gasteiger partial charge on any atom is -0.574 e. The van der Waals surface area contributed by atoms with Crippen LogP contribution in [0.1, 0.15) is 11.4 Å². The van der Waals surface area contributed by atoms with Crippen LogP contribution in [0.15, 0.2) is 60.9 Å². The van der Waals surface area contributed by atoms with Gasteiger partial charge in [-0.15, -0.1) is 0 Å². The van der Waals surface area contributed by atoms with Gasteiger partial charge >= 0.3 is 21.1 Å². The molecule has 0 spiro atoms. The van der Waals surface area contributed by atoms with Gasteiger partial charge in [-0.05, 0) is 38.1 Å². The predicted molar refractivity (Wildman–Crippen MR) is 91.1 cm³/mol. The van der Waals surface area contributed by atoms with E-state index in [-0.39, 0.29) is 21.1 Å². The molecule has 0 aromatic carbocycles. The molecule has 0 saturated heterocycles. The Hall–Kier alpha value is -2.59. The topological polar surface area (TPSA) is 79.8 Å². The van der Waals surface area contributed by atoms with Gasteiger partial charge in [0, 0.05) is 35.2 Å². The molecule has 0 aliphatic heterocycles. The number of hydrogen-bond acceptors (Lipinski definition) is 4. The predicted octanol–water partition coefficient (Wildman–Crippen LogP) is 2.82. The molecular formula is C18H16N6Pt. The Morgan fingerprint density at radius 2 is 1.12 bits per heavy atom. The van der Waals surface area contributed by atoms with Crippen molar-refractivity contribution in [3.05, 3.63) is 72.3 Å². The minimum atomic E-state index is 0. The van der Waals surface area contributed by atoms with Gasteiger partial charge in [-0.3, -0.25) is 9.97 Å². The third kappa shape index (κ3) is 5.19. The summed E-state index contributed by atoms with van der Waals surface area (Å²) < 4.78 is 0. The van der Waals surface area contributed by atoms with Crippen molar-refractivity contribution >= 4 is 0 Å². The van der Waals surface area contributed by atoms with Crippen molar-refractivity contribution in [3.8, 4) is 22.8 Å². The Morgan fingerprint density at radius 1 is 0.680 bits per heavy atom.